The van der Waals surface area contributed by atoms with Crippen molar-refractivity contribution in [2.24, 2.45) is 35.5 Å². The van der Waals surface area contributed by atoms with Gasteiger partial charge >= 0.3 is 0 Å². The SMILES string of the molecule is CCC1CCC[C@H](O[C@H]2CC[C@H](N(C)C(C)=O)C(C)O2)[C@@H](C)C(=O)C2=C[C@H]3C4CCC[C@H]4C(C)=C[C@H]3C2CC(O)O1. The Morgan fingerprint density at radius 3 is 2.49 bits per heavy atom. The van der Waals surface area contributed by atoms with Gasteiger partial charge in [0.05, 0.1) is 24.4 Å². The number of aliphatic hydroxyl groups is 1. The first-order valence-corrected chi connectivity index (χ1v) is 16.4. The number of allylic oxidation sites excluding steroid dienone is 4. The number of Topliss-reactive ketones (excluding diaryl/α,β-unsaturated/α-hetero) is 1. The summed E-state index contributed by atoms with van der Waals surface area (Å²) in [5.41, 5.74) is 2.35. The first-order valence-electron chi connectivity index (χ1n) is 16.4. The first kappa shape index (κ1) is 30.9. The minimum atomic E-state index is -0.866. The monoisotopic (exact) mass is 571 g/mol. The van der Waals surface area contributed by atoms with Gasteiger partial charge in [-0.15, -0.1) is 0 Å². The number of ether oxygens (including phenoxy) is 3. The molecule has 5 aliphatic rings. The molecular formula is C34H53NO6. The second-order valence-electron chi connectivity index (χ2n) is 13.7. The van der Waals surface area contributed by atoms with Crippen LogP contribution in [0.3, 0.4) is 0 Å². The molecule has 1 saturated carbocycles. The normalized spacial score (nSPS) is 43.5. The van der Waals surface area contributed by atoms with Crippen LogP contribution in [0.4, 0.5) is 0 Å². The van der Waals surface area contributed by atoms with Crippen molar-refractivity contribution in [2.75, 3.05) is 7.05 Å². The fourth-order valence-electron chi connectivity index (χ4n) is 8.80. The smallest absolute Gasteiger partial charge is 0.219 e. The highest BCUT2D eigenvalue weighted by Crippen LogP contribution is 2.55. The number of amides is 1. The van der Waals surface area contributed by atoms with Crippen LogP contribution < -0.4 is 0 Å². The van der Waals surface area contributed by atoms with Crippen LogP contribution in [0.2, 0.25) is 0 Å². The molecule has 7 nitrogen and oxygen atoms in total. The van der Waals surface area contributed by atoms with E-state index in [1.165, 1.54) is 24.8 Å². The highest BCUT2D eigenvalue weighted by atomic mass is 16.7. The summed E-state index contributed by atoms with van der Waals surface area (Å²) in [4.78, 5) is 28.1. The summed E-state index contributed by atoms with van der Waals surface area (Å²) < 4.78 is 19.1. The van der Waals surface area contributed by atoms with E-state index in [0.717, 1.165) is 37.7 Å². The summed E-state index contributed by atoms with van der Waals surface area (Å²) in [6, 6.07) is 0.0280. The Labute approximate surface area is 247 Å². The van der Waals surface area contributed by atoms with E-state index in [0.29, 0.717) is 30.6 Å². The molecule has 0 aromatic heterocycles. The predicted molar refractivity (Wildman–Crippen MR) is 158 cm³/mol. The van der Waals surface area contributed by atoms with Crippen molar-refractivity contribution in [2.45, 2.75) is 136 Å². The average Bonchev–Trinajstić information content (AvgIpc) is 3.56. The summed E-state index contributed by atoms with van der Waals surface area (Å²) in [5, 5.41) is 11.1. The molecule has 0 spiro atoms. The van der Waals surface area contributed by atoms with E-state index >= 15 is 0 Å². The van der Waals surface area contributed by atoms with E-state index in [1.807, 2.05) is 20.9 Å². The van der Waals surface area contributed by atoms with Gasteiger partial charge in [-0.1, -0.05) is 38.0 Å². The number of aliphatic hydroxyl groups excluding tert-OH is 1. The van der Waals surface area contributed by atoms with Gasteiger partial charge in [-0.3, -0.25) is 9.59 Å². The van der Waals surface area contributed by atoms with Crippen LogP contribution in [0.5, 0.6) is 0 Å². The first-order chi connectivity index (χ1) is 19.6. The number of likely N-dealkylation sites (N-methyl/N-ethyl adjacent to an activating group) is 1. The highest BCUT2D eigenvalue weighted by molar-refractivity contribution is 5.98. The summed E-state index contributed by atoms with van der Waals surface area (Å²) in [7, 11) is 1.83. The maximum atomic E-state index is 14.3. The molecule has 3 fully saturated rings. The summed E-state index contributed by atoms with van der Waals surface area (Å²) in [6.07, 6.45) is 12.0. The van der Waals surface area contributed by atoms with Gasteiger partial charge in [-0.05, 0) is 94.0 Å². The molecule has 3 aliphatic carbocycles. The molecule has 12 atom stereocenters. The Bertz CT molecular complexity index is 1020. The Morgan fingerprint density at radius 2 is 1.78 bits per heavy atom. The number of hydrogen-bond donors (Lipinski definition) is 1. The molecule has 1 N–H and O–H groups in total. The van der Waals surface area contributed by atoms with E-state index in [-0.39, 0.29) is 53.8 Å². The molecule has 2 saturated heterocycles. The molecule has 0 radical (unpaired) electrons. The molecule has 2 heterocycles. The summed E-state index contributed by atoms with van der Waals surface area (Å²) >= 11 is 0. The van der Waals surface area contributed by atoms with Gasteiger partial charge in [0.25, 0.3) is 0 Å². The van der Waals surface area contributed by atoms with Crippen LogP contribution in [0, 0.1) is 35.5 Å². The number of carbonyl (C=O) groups excluding carboxylic acids is 2. The molecule has 0 aromatic carbocycles. The number of rotatable bonds is 4. The van der Waals surface area contributed by atoms with Gasteiger partial charge in [0.1, 0.15) is 0 Å². The second kappa shape index (κ2) is 13.0. The molecule has 0 aromatic rings. The van der Waals surface area contributed by atoms with E-state index in [2.05, 4.69) is 26.0 Å². The van der Waals surface area contributed by atoms with Gasteiger partial charge in [-0.2, -0.15) is 0 Å². The average molecular weight is 572 g/mol. The molecular weight excluding hydrogens is 518 g/mol. The van der Waals surface area contributed by atoms with E-state index in [9.17, 15) is 14.7 Å². The number of nitrogens with zero attached hydrogens (tertiary/aromatic N) is 1. The third-order valence-corrected chi connectivity index (χ3v) is 11.2. The topological polar surface area (TPSA) is 85.3 Å². The predicted octanol–water partition coefficient (Wildman–Crippen LogP) is 5.80. The van der Waals surface area contributed by atoms with Crippen LogP contribution >= 0.6 is 0 Å². The zero-order valence-corrected chi connectivity index (χ0v) is 26.1. The standard InChI is InChI=1S/C34H53NO6/c1-7-23-10-8-13-31(41-33-15-14-30(21(4)39-33)35(6)22(5)36)20(3)34(38)29-17-27-25-12-9-11-24(25)19(2)16-26(27)28(29)18-32(37)40-23/h16-17,20-21,23-28,30-33,37H,7-15,18H2,1-6H3/t20-,21?,23?,24+,25?,26-,27+,28?,30+,31+,32?,33+/m1/s1. The van der Waals surface area contributed by atoms with Gasteiger partial charge in [0.2, 0.25) is 5.91 Å². The lowest BCUT2D eigenvalue weighted by atomic mass is 9.67. The van der Waals surface area contributed by atoms with Crippen molar-refractivity contribution >= 4 is 11.7 Å². The minimum Gasteiger partial charge on any atom is -0.368 e. The van der Waals surface area contributed by atoms with Crippen molar-refractivity contribution < 1.29 is 28.9 Å². The summed E-state index contributed by atoms with van der Waals surface area (Å²) in [5.74, 6) is 1.69. The quantitative estimate of drug-likeness (QED) is 0.429. The largest absolute Gasteiger partial charge is 0.368 e. The van der Waals surface area contributed by atoms with Gasteiger partial charge in [0, 0.05) is 32.7 Å². The molecule has 5 rings (SSSR count). The van der Waals surface area contributed by atoms with Crippen molar-refractivity contribution in [3.8, 4) is 0 Å². The van der Waals surface area contributed by atoms with E-state index < -0.39 is 12.6 Å². The van der Waals surface area contributed by atoms with Crippen molar-refractivity contribution in [1.29, 1.82) is 0 Å². The van der Waals surface area contributed by atoms with Crippen LogP contribution in [0.15, 0.2) is 23.3 Å². The number of fused-ring (bicyclic) bond motifs is 5. The number of ketones is 1. The maximum absolute atomic E-state index is 14.3. The van der Waals surface area contributed by atoms with Crippen molar-refractivity contribution in [3.63, 3.8) is 0 Å². The molecule has 230 valence electrons. The van der Waals surface area contributed by atoms with Gasteiger partial charge < -0.3 is 24.2 Å². The van der Waals surface area contributed by atoms with Crippen LogP contribution in [0.25, 0.3) is 0 Å². The molecule has 5 unspecified atom stereocenters. The molecule has 0 bridgehead atoms. The lowest BCUT2D eigenvalue weighted by Gasteiger charge is -2.41. The molecule has 2 aliphatic heterocycles. The van der Waals surface area contributed by atoms with Crippen LogP contribution in [0.1, 0.15) is 98.8 Å². The molecule has 7 heteroatoms. The Balaban J connectivity index is 1.38. The molecule has 41 heavy (non-hydrogen) atoms. The van der Waals surface area contributed by atoms with E-state index in [1.54, 1.807) is 11.8 Å². The molecule has 1 amide bonds. The lowest BCUT2D eigenvalue weighted by Crippen LogP contribution is -2.49. The summed E-state index contributed by atoms with van der Waals surface area (Å²) in [6.45, 7) is 10.0. The Morgan fingerprint density at radius 1 is 1.02 bits per heavy atom. The van der Waals surface area contributed by atoms with Crippen LogP contribution in [-0.4, -0.2) is 65.7 Å². The Kier molecular flexibility index (Phi) is 9.79. The van der Waals surface area contributed by atoms with Gasteiger partial charge in [0.15, 0.2) is 18.4 Å². The van der Waals surface area contributed by atoms with Gasteiger partial charge in [-0.25, -0.2) is 0 Å². The zero-order chi connectivity index (χ0) is 29.4. The highest BCUT2D eigenvalue weighted by Gasteiger charge is 2.49. The van der Waals surface area contributed by atoms with Crippen molar-refractivity contribution in [1.82, 2.24) is 4.90 Å². The lowest BCUT2D eigenvalue weighted by molar-refractivity contribution is -0.232. The van der Waals surface area contributed by atoms with Crippen molar-refractivity contribution in [3.05, 3.63) is 23.3 Å². The third-order valence-electron chi connectivity index (χ3n) is 11.2. The Hall–Kier alpha value is -1.54. The third kappa shape index (κ3) is 6.39. The van der Waals surface area contributed by atoms with Crippen LogP contribution in [-0.2, 0) is 23.8 Å². The second-order valence-corrected chi connectivity index (χ2v) is 13.7. The zero-order valence-electron chi connectivity index (χ0n) is 26.1. The minimum absolute atomic E-state index is 0.0163. The number of hydrogen-bond acceptors (Lipinski definition) is 6. The fraction of sp³-hybridized carbons (Fsp3) is 0.824. The maximum Gasteiger partial charge on any atom is 0.219 e. The fourth-order valence-corrected chi connectivity index (χ4v) is 8.80. The van der Waals surface area contributed by atoms with E-state index in [4.69, 9.17) is 14.2 Å². The number of carbonyl (C=O) groups is 2.